The van der Waals surface area contributed by atoms with E-state index in [1.165, 1.54) is 109 Å². The summed E-state index contributed by atoms with van der Waals surface area (Å²) in [4.78, 5) is 0. The van der Waals surface area contributed by atoms with Gasteiger partial charge in [-0.3, -0.25) is 0 Å². The highest BCUT2D eigenvalue weighted by Crippen LogP contribution is 2.17. The van der Waals surface area contributed by atoms with E-state index in [1.54, 1.807) is 0 Å². The zero-order valence-corrected chi connectivity index (χ0v) is 18.2. The Labute approximate surface area is 159 Å². The molecule has 0 aliphatic carbocycles. The van der Waals surface area contributed by atoms with E-state index in [0.29, 0.717) is 6.04 Å². The maximum Gasteiger partial charge on any atom is 0.116 e. The highest BCUT2D eigenvalue weighted by Gasteiger charge is 2.26. The Balaban J connectivity index is 3.54. The number of unbranched alkanes of at least 4 members (excludes halogenated alkanes) is 14. The standard InChI is InChI=1S/C23H50NO/c1-5-7-9-11-13-15-17-19-21-23(3)24(4,25)22-20-18-16-14-12-10-8-6-2/h23,25H,5-22H2,1-4H3/q+1. The molecule has 0 aromatic rings. The Kier molecular flexibility index (Phi) is 17.3. The Bertz CT molecular complexity index is 265. The van der Waals surface area contributed by atoms with E-state index < -0.39 is 0 Å². The Hall–Kier alpha value is -0.0800. The molecule has 0 aliphatic heterocycles. The first-order valence-electron chi connectivity index (χ1n) is 11.6. The number of quaternary nitrogens is 1. The van der Waals surface area contributed by atoms with Gasteiger partial charge in [0.15, 0.2) is 0 Å². The Morgan fingerprint density at radius 1 is 0.600 bits per heavy atom. The lowest BCUT2D eigenvalue weighted by atomic mass is 10.0. The van der Waals surface area contributed by atoms with Crippen molar-refractivity contribution in [3.05, 3.63) is 0 Å². The third-order valence-corrected chi connectivity index (χ3v) is 5.89. The smallest absolute Gasteiger partial charge is 0.116 e. The lowest BCUT2D eigenvalue weighted by molar-refractivity contribution is -1.10. The van der Waals surface area contributed by atoms with Crippen LogP contribution >= 0.6 is 0 Å². The largest absolute Gasteiger partial charge is 0.217 e. The SMILES string of the molecule is CCCCCCCCCCC(C)[N+](C)(O)CCCCCCCCCC. The molecule has 0 aliphatic rings. The maximum absolute atomic E-state index is 10.7. The van der Waals surface area contributed by atoms with Gasteiger partial charge in [0, 0.05) is 6.42 Å². The van der Waals surface area contributed by atoms with Crippen molar-refractivity contribution in [2.75, 3.05) is 13.6 Å². The molecule has 0 rings (SSSR count). The van der Waals surface area contributed by atoms with Crippen LogP contribution in [0.15, 0.2) is 0 Å². The Morgan fingerprint density at radius 3 is 1.40 bits per heavy atom. The Morgan fingerprint density at radius 2 is 0.960 bits per heavy atom. The molecule has 2 nitrogen and oxygen atoms in total. The molecular formula is C23H50NO+. The highest BCUT2D eigenvalue weighted by atomic mass is 16.5. The van der Waals surface area contributed by atoms with Crippen molar-refractivity contribution in [1.29, 1.82) is 0 Å². The molecular weight excluding hydrogens is 306 g/mol. The van der Waals surface area contributed by atoms with Crippen LogP contribution in [0.25, 0.3) is 0 Å². The number of hydroxylamine groups is 3. The molecule has 2 heteroatoms. The second-order valence-electron chi connectivity index (χ2n) is 8.52. The lowest BCUT2D eigenvalue weighted by Crippen LogP contribution is -2.48. The molecule has 0 spiro atoms. The predicted octanol–water partition coefficient (Wildman–Crippen LogP) is 7.88. The normalized spacial score (nSPS) is 15.2. The summed E-state index contributed by atoms with van der Waals surface area (Å²) in [5.41, 5.74) is 0. The molecule has 152 valence electrons. The van der Waals surface area contributed by atoms with Gasteiger partial charge in [-0.25, -0.2) is 5.21 Å². The minimum absolute atomic E-state index is 0.229. The monoisotopic (exact) mass is 356 g/mol. The van der Waals surface area contributed by atoms with Crippen LogP contribution in [0.4, 0.5) is 0 Å². The van der Waals surface area contributed by atoms with Crippen molar-refractivity contribution < 1.29 is 9.85 Å². The van der Waals surface area contributed by atoms with Gasteiger partial charge in [0.2, 0.25) is 0 Å². The molecule has 0 saturated heterocycles. The van der Waals surface area contributed by atoms with Crippen LogP contribution in [0.5, 0.6) is 0 Å². The van der Waals surface area contributed by atoms with Gasteiger partial charge >= 0.3 is 0 Å². The molecule has 0 amide bonds. The van der Waals surface area contributed by atoms with Crippen LogP contribution in [0.1, 0.15) is 130 Å². The summed E-state index contributed by atoms with van der Waals surface area (Å²) in [7, 11) is 2.01. The van der Waals surface area contributed by atoms with E-state index in [1.807, 2.05) is 7.05 Å². The summed E-state index contributed by atoms with van der Waals surface area (Å²) in [6, 6.07) is 0.379. The van der Waals surface area contributed by atoms with Crippen LogP contribution in [0, 0.1) is 0 Å². The van der Waals surface area contributed by atoms with Gasteiger partial charge in [0.25, 0.3) is 0 Å². The third-order valence-electron chi connectivity index (χ3n) is 5.89. The van der Waals surface area contributed by atoms with Gasteiger partial charge in [-0.1, -0.05) is 97.3 Å². The zero-order valence-electron chi connectivity index (χ0n) is 18.2. The molecule has 0 fully saturated rings. The van der Waals surface area contributed by atoms with Crippen LogP contribution in [-0.2, 0) is 0 Å². The lowest BCUT2D eigenvalue weighted by Gasteiger charge is -2.32. The van der Waals surface area contributed by atoms with Crippen molar-refractivity contribution in [3.63, 3.8) is 0 Å². The first-order valence-corrected chi connectivity index (χ1v) is 11.6. The molecule has 2 unspecified atom stereocenters. The minimum Gasteiger partial charge on any atom is -0.217 e. The van der Waals surface area contributed by atoms with E-state index in [9.17, 15) is 5.21 Å². The zero-order chi connectivity index (χ0) is 18.8. The van der Waals surface area contributed by atoms with Gasteiger partial charge in [-0.05, 0) is 26.2 Å². The van der Waals surface area contributed by atoms with Gasteiger partial charge in [0.05, 0.1) is 7.05 Å². The second-order valence-corrected chi connectivity index (χ2v) is 8.52. The molecule has 0 radical (unpaired) electrons. The van der Waals surface area contributed by atoms with E-state index in [0.717, 1.165) is 6.54 Å². The summed E-state index contributed by atoms with van der Waals surface area (Å²) in [6.07, 6.45) is 22.8. The van der Waals surface area contributed by atoms with Gasteiger partial charge in [-0.2, -0.15) is 4.65 Å². The molecule has 0 bridgehead atoms. The van der Waals surface area contributed by atoms with Crippen molar-refractivity contribution >= 4 is 0 Å². The first-order chi connectivity index (χ1) is 12.0. The molecule has 0 aromatic heterocycles. The van der Waals surface area contributed by atoms with Crippen molar-refractivity contribution in [3.8, 4) is 0 Å². The predicted molar refractivity (Wildman–Crippen MR) is 112 cm³/mol. The van der Waals surface area contributed by atoms with Crippen molar-refractivity contribution in [2.45, 2.75) is 136 Å². The van der Waals surface area contributed by atoms with Gasteiger partial charge in [-0.15, -0.1) is 0 Å². The highest BCUT2D eigenvalue weighted by molar-refractivity contribution is 4.53. The number of nitrogens with zero attached hydrogens (tertiary/aromatic N) is 1. The van der Waals surface area contributed by atoms with Crippen molar-refractivity contribution in [2.24, 2.45) is 0 Å². The van der Waals surface area contributed by atoms with Crippen LogP contribution in [-0.4, -0.2) is 29.5 Å². The summed E-state index contributed by atoms with van der Waals surface area (Å²) < 4.78 is 0.229. The molecule has 0 aromatic carbocycles. The molecule has 25 heavy (non-hydrogen) atoms. The summed E-state index contributed by atoms with van der Waals surface area (Å²) >= 11 is 0. The van der Waals surface area contributed by atoms with Gasteiger partial charge < -0.3 is 0 Å². The van der Waals surface area contributed by atoms with E-state index in [4.69, 9.17) is 0 Å². The number of hydrogen-bond donors (Lipinski definition) is 1. The quantitative estimate of drug-likeness (QED) is 0.142. The molecule has 0 saturated carbocycles. The van der Waals surface area contributed by atoms with Crippen LogP contribution in [0.3, 0.4) is 0 Å². The molecule has 2 atom stereocenters. The molecule has 1 N–H and O–H groups in total. The second kappa shape index (κ2) is 17.3. The van der Waals surface area contributed by atoms with Gasteiger partial charge in [0.1, 0.15) is 12.6 Å². The first kappa shape index (κ1) is 24.9. The van der Waals surface area contributed by atoms with E-state index >= 15 is 0 Å². The van der Waals surface area contributed by atoms with Crippen LogP contribution in [0.2, 0.25) is 0 Å². The fourth-order valence-electron chi connectivity index (χ4n) is 3.64. The maximum atomic E-state index is 10.7. The molecule has 0 heterocycles. The summed E-state index contributed by atoms with van der Waals surface area (Å²) in [5.74, 6) is 0. The number of hydrogen-bond acceptors (Lipinski definition) is 1. The van der Waals surface area contributed by atoms with E-state index in [-0.39, 0.29) is 4.65 Å². The minimum atomic E-state index is 0.229. The van der Waals surface area contributed by atoms with E-state index in [2.05, 4.69) is 20.8 Å². The fraction of sp³-hybridized carbons (Fsp3) is 1.00. The number of rotatable bonds is 19. The average molecular weight is 357 g/mol. The topological polar surface area (TPSA) is 20.2 Å². The third kappa shape index (κ3) is 15.9. The fourth-order valence-corrected chi connectivity index (χ4v) is 3.64. The summed E-state index contributed by atoms with van der Waals surface area (Å²) in [5, 5.41) is 10.7. The average Bonchev–Trinajstić information content (AvgIpc) is 2.59. The summed E-state index contributed by atoms with van der Waals surface area (Å²) in [6.45, 7) is 7.70. The van der Waals surface area contributed by atoms with Crippen LogP contribution < -0.4 is 0 Å². The van der Waals surface area contributed by atoms with Crippen molar-refractivity contribution in [1.82, 2.24) is 0 Å².